The number of hydrogen-bond acceptors (Lipinski definition) is 8. The number of anilines is 2. The zero-order valence-electron chi connectivity index (χ0n) is 16.2. The number of rotatable bonds is 6. The minimum absolute atomic E-state index is 0.381. The average Bonchev–Trinajstić information content (AvgIpc) is 3.13. The maximum Gasteiger partial charge on any atom is 0.337 e. The first-order valence-electron chi connectivity index (χ1n) is 8.36. The second kappa shape index (κ2) is 8.65. The molecule has 2 N–H and O–H groups in total. The number of methoxy groups -OCH3 is 4. The second-order valence-electron chi connectivity index (χ2n) is 5.69. The van der Waals surface area contributed by atoms with E-state index in [-0.39, 0.29) is 0 Å². The van der Waals surface area contributed by atoms with Gasteiger partial charge in [0.1, 0.15) is 0 Å². The highest BCUT2D eigenvalue weighted by molar-refractivity contribution is 7.22. The van der Waals surface area contributed by atoms with Crippen LogP contribution in [0.2, 0.25) is 0 Å². The molecular weight excluding hydrogens is 398 g/mol. The second-order valence-corrected chi connectivity index (χ2v) is 6.72. The van der Waals surface area contributed by atoms with Crippen LogP contribution in [0.3, 0.4) is 0 Å². The van der Waals surface area contributed by atoms with Crippen LogP contribution in [0, 0.1) is 0 Å². The number of ether oxygens (including phenoxy) is 4. The molecule has 2 amide bonds. The van der Waals surface area contributed by atoms with Crippen molar-refractivity contribution >= 4 is 44.4 Å². The van der Waals surface area contributed by atoms with Gasteiger partial charge in [-0.05, 0) is 18.2 Å². The van der Waals surface area contributed by atoms with E-state index in [1.54, 1.807) is 30.3 Å². The third kappa shape index (κ3) is 4.32. The lowest BCUT2D eigenvalue weighted by atomic mass is 10.2. The van der Waals surface area contributed by atoms with Gasteiger partial charge in [0, 0.05) is 12.1 Å². The molecule has 0 radical (unpaired) electrons. The summed E-state index contributed by atoms with van der Waals surface area (Å²) in [6.07, 6.45) is 0. The smallest absolute Gasteiger partial charge is 0.337 e. The van der Waals surface area contributed by atoms with Crippen molar-refractivity contribution in [2.75, 3.05) is 39.1 Å². The fourth-order valence-corrected chi connectivity index (χ4v) is 3.54. The molecule has 10 heteroatoms. The average molecular weight is 417 g/mol. The normalized spacial score (nSPS) is 10.3. The summed E-state index contributed by atoms with van der Waals surface area (Å²) in [7, 11) is 5.80. The van der Waals surface area contributed by atoms with Crippen LogP contribution in [-0.4, -0.2) is 45.4 Å². The van der Waals surface area contributed by atoms with Crippen LogP contribution >= 0.6 is 11.3 Å². The summed E-state index contributed by atoms with van der Waals surface area (Å²) in [5.41, 5.74) is 1.52. The van der Waals surface area contributed by atoms with Crippen molar-refractivity contribution in [2.45, 2.75) is 0 Å². The van der Waals surface area contributed by atoms with E-state index in [4.69, 9.17) is 18.9 Å². The number of amides is 2. The highest BCUT2D eigenvalue weighted by atomic mass is 32.1. The van der Waals surface area contributed by atoms with Gasteiger partial charge in [-0.25, -0.2) is 14.6 Å². The maximum absolute atomic E-state index is 12.4. The summed E-state index contributed by atoms with van der Waals surface area (Å²) in [5.74, 6) is 0.818. The third-order valence-electron chi connectivity index (χ3n) is 3.95. The van der Waals surface area contributed by atoms with Gasteiger partial charge in [0.15, 0.2) is 16.6 Å². The number of benzene rings is 2. The molecule has 0 bridgehead atoms. The molecule has 0 saturated heterocycles. The number of carbonyl (C=O) groups excluding carboxylic acids is 2. The quantitative estimate of drug-likeness (QED) is 0.588. The van der Waals surface area contributed by atoms with Crippen LogP contribution in [0.4, 0.5) is 15.6 Å². The first-order valence-corrected chi connectivity index (χ1v) is 9.17. The van der Waals surface area contributed by atoms with Crippen LogP contribution in [0.5, 0.6) is 17.2 Å². The van der Waals surface area contributed by atoms with Crippen LogP contribution in [0.15, 0.2) is 30.3 Å². The molecular formula is C19H19N3O6S. The number of esters is 1. The Balaban J connectivity index is 1.78. The molecule has 2 aromatic carbocycles. The van der Waals surface area contributed by atoms with Gasteiger partial charge in [0.25, 0.3) is 0 Å². The van der Waals surface area contributed by atoms with E-state index in [1.807, 2.05) is 0 Å². The molecule has 0 unspecified atom stereocenters. The molecule has 1 aromatic heterocycles. The van der Waals surface area contributed by atoms with Crippen molar-refractivity contribution in [3.63, 3.8) is 0 Å². The summed E-state index contributed by atoms with van der Waals surface area (Å²) in [6, 6.07) is 7.71. The third-order valence-corrected chi connectivity index (χ3v) is 4.89. The van der Waals surface area contributed by atoms with E-state index >= 15 is 0 Å². The molecule has 0 aliphatic heterocycles. The van der Waals surface area contributed by atoms with Crippen molar-refractivity contribution in [1.29, 1.82) is 0 Å². The molecule has 152 valence electrons. The minimum Gasteiger partial charge on any atom is -0.493 e. The Morgan fingerprint density at radius 1 is 0.931 bits per heavy atom. The Labute approximate surface area is 170 Å². The number of thiazole rings is 1. The fraction of sp³-hybridized carbons (Fsp3) is 0.211. The number of nitrogens with zero attached hydrogens (tertiary/aromatic N) is 1. The summed E-state index contributed by atoms with van der Waals surface area (Å²) >= 11 is 1.24. The van der Waals surface area contributed by atoms with Crippen molar-refractivity contribution in [3.8, 4) is 17.2 Å². The molecule has 0 aliphatic carbocycles. The zero-order chi connectivity index (χ0) is 21.0. The lowest BCUT2D eigenvalue weighted by Gasteiger charge is -2.14. The number of aromatic nitrogens is 1. The number of urea groups is 1. The Hall–Kier alpha value is -3.53. The van der Waals surface area contributed by atoms with Crippen molar-refractivity contribution < 1.29 is 28.5 Å². The first-order chi connectivity index (χ1) is 14.0. The van der Waals surface area contributed by atoms with Crippen LogP contribution in [0.1, 0.15) is 10.4 Å². The molecule has 3 aromatic rings. The number of nitrogens with one attached hydrogen (secondary N) is 2. The van der Waals surface area contributed by atoms with E-state index in [2.05, 4.69) is 15.6 Å². The van der Waals surface area contributed by atoms with Crippen molar-refractivity contribution in [2.24, 2.45) is 0 Å². The molecule has 3 rings (SSSR count). The summed E-state index contributed by atoms with van der Waals surface area (Å²) < 4.78 is 21.3. The predicted octanol–water partition coefficient (Wildman–Crippen LogP) is 3.75. The fourth-order valence-electron chi connectivity index (χ4n) is 2.64. The van der Waals surface area contributed by atoms with Crippen LogP contribution < -0.4 is 24.8 Å². The molecule has 9 nitrogen and oxygen atoms in total. The van der Waals surface area contributed by atoms with Crippen LogP contribution in [0.25, 0.3) is 10.2 Å². The Morgan fingerprint density at radius 3 is 2.21 bits per heavy atom. The van der Waals surface area contributed by atoms with Gasteiger partial charge < -0.3 is 24.3 Å². The lowest BCUT2D eigenvalue weighted by molar-refractivity contribution is 0.0601. The lowest BCUT2D eigenvalue weighted by Crippen LogP contribution is -2.19. The highest BCUT2D eigenvalue weighted by Gasteiger charge is 2.16. The van der Waals surface area contributed by atoms with Gasteiger partial charge in [-0.15, -0.1) is 0 Å². The largest absolute Gasteiger partial charge is 0.493 e. The van der Waals surface area contributed by atoms with E-state index in [0.717, 1.165) is 4.70 Å². The summed E-state index contributed by atoms with van der Waals surface area (Å²) in [6.45, 7) is 0. The van der Waals surface area contributed by atoms with Gasteiger partial charge in [0.2, 0.25) is 5.75 Å². The molecule has 0 aliphatic rings. The molecule has 0 fully saturated rings. The van der Waals surface area contributed by atoms with E-state index in [1.165, 1.54) is 39.8 Å². The Morgan fingerprint density at radius 2 is 1.62 bits per heavy atom. The van der Waals surface area contributed by atoms with Crippen molar-refractivity contribution in [3.05, 3.63) is 35.9 Å². The number of carbonyl (C=O) groups is 2. The van der Waals surface area contributed by atoms with Gasteiger partial charge in [0.05, 0.1) is 49.9 Å². The monoisotopic (exact) mass is 417 g/mol. The number of fused-ring (bicyclic) bond motifs is 1. The van der Waals surface area contributed by atoms with Gasteiger partial charge in [-0.1, -0.05) is 11.3 Å². The minimum atomic E-state index is -0.494. The summed E-state index contributed by atoms with van der Waals surface area (Å²) in [5, 5.41) is 5.76. The number of hydrogen-bond donors (Lipinski definition) is 2. The van der Waals surface area contributed by atoms with Crippen molar-refractivity contribution in [1.82, 2.24) is 4.98 Å². The highest BCUT2D eigenvalue weighted by Crippen LogP contribution is 2.40. The molecule has 29 heavy (non-hydrogen) atoms. The standard InChI is InChI=1S/C19H19N3O6S/c1-25-13-8-11(9-14(26-2)16(13)27-3)20-18(24)22-19-21-12-6-5-10(17(23)28-4)7-15(12)29-19/h5-9H,1-4H3,(H2,20,21,22,24). The molecule has 0 saturated carbocycles. The SMILES string of the molecule is COC(=O)c1ccc2nc(NC(=O)Nc3cc(OC)c(OC)c(OC)c3)sc2c1. The maximum atomic E-state index is 12.4. The summed E-state index contributed by atoms with van der Waals surface area (Å²) in [4.78, 5) is 28.4. The molecule has 0 spiro atoms. The van der Waals surface area contributed by atoms with E-state index in [9.17, 15) is 9.59 Å². The Bertz CT molecular complexity index is 1040. The topological polar surface area (TPSA) is 108 Å². The van der Waals surface area contributed by atoms with Gasteiger partial charge in [-0.3, -0.25) is 5.32 Å². The predicted molar refractivity (Wildman–Crippen MR) is 110 cm³/mol. The van der Waals surface area contributed by atoms with E-state index < -0.39 is 12.0 Å². The molecule has 1 heterocycles. The van der Waals surface area contributed by atoms with Gasteiger partial charge in [-0.2, -0.15) is 0 Å². The molecule has 0 atom stereocenters. The zero-order valence-corrected chi connectivity index (χ0v) is 17.0. The first kappa shape index (κ1) is 20.2. The Kier molecular flexibility index (Phi) is 6.03. The van der Waals surface area contributed by atoms with E-state index in [0.29, 0.717) is 39.1 Å². The van der Waals surface area contributed by atoms with Gasteiger partial charge >= 0.3 is 12.0 Å². The van der Waals surface area contributed by atoms with Crippen LogP contribution in [-0.2, 0) is 4.74 Å².